The van der Waals surface area contributed by atoms with Crippen molar-refractivity contribution in [2.24, 2.45) is 0 Å². The second-order valence-corrected chi connectivity index (χ2v) is 19.7. The number of esters is 2. The molecule has 0 spiro atoms. The fourth-order valence-corrected chi connectivity index (χ4v) is 8.00. The van der Waals surface area contributed by atoms with Crippen LogP contribution < -0.4 is 0 Å². The lowest BCUT2D eigenvalue weighted by atomic mass is 10.0. The Bertz CT molecular complexity index is 1700. The number of rotatable bonds is 54. The van der Waals surface area contributed by atoms with Crippen molar-refractivity contribution in [3.8, 4) is 0 Å². The predicted molar refractivity (Wildman–Crippen MR) is 333 cm³/mol. The molecule has 0 fully saturated rings. The van der Waals surface area contributed by atoms with Crippen LogP contribution in [0.2, 0.25) is 0 Å². The van der Waals surface area contributed by atoms with Crippen LogP contribution in [0.5, 0.6) is 0 Å². The van der Waals surface area contributed by atoms with Gasteiger partial charge in [-0.2, -0.15) is 0 Å². The number of carbonyl (C=O) groups excluding carboxylic acids is 2. The van der Waals surface area contributed by atoms with Crippen molar-refractivity contribution in [1.82, 2.24) is 0 Å². The first-order valence-corrected chi connectivity index (χ1v) is 30.7. The van der Waals surface area contributed by atoms with Gasteiger partial charge in [-0.05, 0) is 122 Å². The number of aliphatic hydroxyl groups excluding tert-OH is 1. The largest absolute Gasteiger partial charge is 0.462 e. The molecule has 0 bridgehead atoms. The SMILES string of the molecule is CC/C=C\C/C=C\C/C=C\C/C=C\C/C=C\C/C=C\C/C=C\C/C=C\C/C=C\CCCC(=O)OC(CO)COC(=O)CCCCCCCCCCCCCCCCCCC/C=C\C/C=C\C/C=C\C/C=C\C/C=C\CC. The van der Waals surface area contributed by atoms with E-state index in [1.807, 2.05) is 0 Å². The minimum absolute atomic E-state index is 0.0987. The maximum atomic E-state index is 12.3. The molecule has 0 saturated carbocycles. The van der Waals surface area contributed by atoms with E-state index in [-0.39, 0.29) is 31.6 Å². The van der Waals surface area contributed by atoms with Crippen molar-refractivity contribution < 1.29 is 24.2 Å². The maximum absolute atomic E-state index is 12.3. The third-order valence-corrected chi connectivity index (χ3v) is 12.5. The van der Waals surface area contributed by atoms with Crippen LogP contribution in [-0.4, -0.2) is 36.4 Å². The summed E-state index contributed by atoms with van der Waals surface area (Å²) >= 11 is 0. The Morgan fingerprint density at radius 2 is 0.539 bits per heavy atom. The molecule has 0 heterocycles. The summed E-state index contributed by atoms with van der Waals surface area (Å²) in [6.07, 6.45) is 101. The van der Waals surface area contributed by atoms with Crippen LogP contribution in [0.15, 0.2) is 170 Å². The summed E-state index contributed by atoms with van der Waals surface area (Å²) in [6.45, 7) is 3.87. The van der Waals surface area contributed by atoms with Crippen LogP contribution in [0.3, 0.4) is 0 Å². The van der Waals surface area contributed by atoms with Crippen LogP contribution in [0.1, 0.15) is 245 Å². The average Bonchev–Trinajstić information content (AvgIpc) is 3.42. The summed E-state index contributed by atoms with van der Waals surface area (Å²) in [5.74, 6) is -0.668. The third kappa shape index (κ3) is 61.8. The summed E-state index contributed by atoms with van der Waals surface area (Å²) in [4.78, 5) is 24.6. The zero-order valence-corrected chi connectivity index (χ0v) is 48.7. The van der Waals surface area contributed by atoms with Gasteiger partial charge < -0.3 is 14.6 Å². The van der Waals surface area contributed by atoms with Gasteiger partial charge in [0.25, 0.3) is 0 Å². The Hall–Kier alpha value is -4.74. The second kappa shape index (κ2) is 64.5. The molecule has 426 valence electrons. The minimum atomic E-state index is -0.816. The second-order valence-electron chi connectivity index (χ2n) is 19.7. The number of hydrogen-bond donors (Lipinski definition) is 1. The third-order valence-electron chi connectivity index (χ3n) is 12.5. The lowest BCUT2D eigenvalue weighted by Crippen LogP contribution is -2.28. The molecule has 76 heavy (non-hydrogen) atoms. The lowest BCUT2D eigenvalue weighted by molar-refractivity contribution is -0.161. The van der Waals surface area contributed by atoms with E-state index in [1.165, 1.54) is 96.3 Å². The van der Waals surface area contributed by atoms with Gasteiger partial charge in [0.15, 0.2) is 6.10 Å². The smallest absolute Gasteiger partial charge is 0.306 e. The van der Waals surface area contributed by atoms with Crippen molar-refractivity contribution in [2.75, 3.05) is 13.2 Å². The quantitative estimate of drug-likeness (QED) is 0.0373. The van der Waals surface area contributed by atoms with Crippen LogP contribution in [-0.2, 0) is 19.1 Å². The van der Waals surface area contributed by atoms with Gasteiger partial charge >= 0.3 is 11.9 Å². The van der Waals surface area contributed by atoms with E-state index < -0.39 is 6.10 Å². The first-order chi connectivity index (χ1) is 37.6. The number of hydrogen-bond acceptors (Lipinski definition) is 5. The van der Waals surface area contributed by atoms with Gasteiger partial charge in [-0.15, -0.1) is 0 Å². The summed E-state index contributed by atoms with van der Waals surface area (Å²) in [7, 11) is 0. The topological polar surface area (TPSA) is 72.8 Å². The molecule has 1 N–H and O–H groups in total. The van der Waals surface area contributed by atoms with Crippen LogP contribution in [0, 0.1) is 0 Å². The highest BCUT2D eigenvalue weighted by molar-refractivity contribution is 5.70. The zero-order chi connectivity index (χ0) is 54.8. The first kappa shape index (κ1) is 71.3. The fourth-order valence-electron chi connectivity index (χ4n) is 8.00. The summed E-state index contributed by atoms with van der Waals surface area (Å²) in [5.41, 5.74) is 0. The van der Waals surface area contributed by atoms with E-state index in [0.29, 0.717) is 12.8 Å². The van der Waals surface area contributed by atoms with Crippen molar-refractivity contribution >= 4 is 11.9 Å². The van der Waals surface area contributed by atoms with Crippen LogP contribution >= 0.6 is 0 Å². The first-order valence-electron chi connectivity index (χ1n) is 30.7. The molecule has 0 rings (SSSR count). The fraction of sp³-hybridized carbons (Fsp3) is 0.577. The van der Waals surface area contributed by atoms with Crippen LogP contribution in [0.25, 0.3) is 0 Å². The van der Waals surface area contributed by atoms with Crippen LogP contribution in [0.4, 0.5) is 0 Å². The molecule has 1 atom stereocenters. The van der Waals surface area contributed by atoms with Crippen molar-refractivity contribution in [1.29, 1.82) is 0 Å². The normalized spacial score (nSPS) is 13.5. The zero-order valence-electron chi connectivity index (χ0n) is 48.7. The Labute approximate surface area is 468 Å². The number of carbonyl (C=O) groups is 2. The van der Waals surface area contributed by atoms with Gasteiger partial charge in [0.05, 0.1) is 6.61 Å². The highest BCUT2D eigenvalue weighted by Crippen LogP contribution is 2.15. The van der Waals surface area contributed by atoms with Gasteiger partial charge in [-0.1, -0.05) is 280 Å². The van der Waals surface area contributed by atoms with E-state index in [0.717, 1.165) is 116 Å². The van der Waals surface area contributed by atoms with Gasteiger partial charge in [-0.25, -0.2) is 0 Å². The highest BCUT2D eigenvalue weighted by atomic mass is 16.6. The molecular weight excluding hydrogens is 933 g/mol. The van der Waals surface area contributed by atoms with Gasteiger partial charge in [0.1, 0.15) is 6.61 Å². The van der Waals surface area contributed by atoms with E-state index >= 15 is 0 Å². The molecule has 0 amide bonds. The Morgan fingerprint density at radius 1 is 0.303 bits per heavy atom. The molecular formula is C71H112O5. The monoisotopic (exact) mass is 1040 g/mol. The van der Waals surface area contributed by atoms with Gasteiger partial charge in [0, 0.05) is 12.8 Å². The van der Waals surface area contributed by atoms with Crippen molar-refractivity contribution in [3.05, 3.63) is 170 Å². The average molecular weight is 1050 g/mol. The molecule has 0 aromatic carbocycles. The molecule has 0 aromatic rings. The van der Waals surface area contributed by atoms with Crippen molar-refractivity contribution in [3.63, 3.8) is 0 Å². The van der Waals surface area contributed by atoms with Crippen molar-refractivity contribution in [2.45, 2.75) is 251 Å². The predicted octanol–water partition coefficient (Wildman–Crippen LogP) is 21.3. The van der Waals surface area contributed by atoms with Gasteiger partial charge in [-0.3, -0.25) is 9.59 Å². The lowest BCUT2D eigenvalue weighted by Gasteiger charge is -2.15. The van der Waals surface area contributed by atoms with E-state index in [9.17, 15) is 14.7 Å². The molecule has 5 nitrogen and oxygen atoms in total. The van der Waals surface area contributed by atoms with E-state index in [1.54, 1.807) is 0 Å². The number of allylic oxidation sites excluding steroid dienone is 28. The molecule has 0 radical (unpaired) electrons. The molecule has 0 aliphatic rings. The summed E-state index contributed by atoms with van der Waals surface area (Å²) in [6, 6.07) is 0. The Balaban J connectivity index is 3.61. The highest BCUT2D eigenvalue weighted by Gasteiger charge is 2.16. The molecule has 0 aliphatic carbocycles. The molecule has 0 aromatic heterocycles. The molecule has 0 aliphatic heterocycles. The van der Waals surface area contributed by atoms with E-state index in [2.05, 4.69) is 184 Å². The summed E-state index contributed by atoms with van der Waals surface area (Å²) in [5, 5.41) is 9.66. The summed E-state index contributed by atoms with van der Waals surface area (Å²) < 4.78 is 10.7. The minimum Gasteiger partial charge on any atom is -0.462 e. The van der Waals surface area contributed by atoms with Gasteiger partial charge in [0.2, 0.25) is 0 Å². The Morgan fingerprint density at radius 3 is 0.829 bits per heavy atom. The maximum Gasteiger partial charge on any atom is 0.306 e. The molecule has 1 unspecified atom stereocenters. The number of aliphatic hydroxyl groups is 1. The number of ether oxygens (including phenoxy) is 2. The molecule has 0 saturated heterocycles. The van der Waals surface area contributed by atoms with E-state index in [4.69, 9.17) is 9.47 Å². The number of unbranched alkanes of at least 4 members (excludes halogenated alkanes) is 18. The standard InChI is InChI=1S/C71H112O5/c1-3-5-7-9-11-13-15-17-19-21-23-25-27-29-31-33-34-35-36-38-39-41-43-45-47-49-51-53-55-57-59-61-63-65-70(73)75-68-69(67-72)76-71(74)66-64-62-60-58-56-54-52-50-48-46-44-42-40-37-32-30-28-26-24-22-20-18-16-14-12-10-8-6-4-2/h5-8,11-14,17-20,23-26,29-32,40,42,46,48,52,54,58,60,69,72H,3-4,9-10,15-16,21-22,27-28,33-39,41,43-45,47,49-51,53,55-57,59,61-68H2,1-2H3/b7-5-,8-6-,13-11-,14-12-,19-17-,20-18-,25-23-,26-24-,31-29-,32-30-,42-40-,48-46-,54-52-,60-58-. The molecule has 5 heteroatoms. The Kier molecular flexibility index (Phi) is 60.5.